The molecule has 0 spiro atoms. The molecule has 0 atom stereocenters. The highest BCUT2D eigenvalue weighted by Gasteiger charge is 2.32. The van der Waals surface area contributed by atoms with Crippen LogP contribution >= 0.6 is 11.3 Å². The third-order valence-electron chi connectivity index (χ3n) is 7.47. The Bertz CT molecular complexity index is 1770. The number of carbonyl (C=O) groups is 2. The first-order valence-corrected chi connectivity index (χ1v) is 15.0. The lowest BCUT2D eigenvalue weighted by molar-refractivity contribution is -0.274. The van der Waals surface area contributed by atoms with Gasteiger partial charge in [0.2, 0.25) is 0 Å². The van der Waals surface area contributed by atoms with Gasteiger partial charge in [0.05, 0.1) is 16.8 Å². The molecule has 1 fully saturated rings. The number of alkyl halides is 3. The van der Waals surface area contributed by atoms with Crippen LogP contribution in [-0.4, -0.2) is 43.9 Å². The maximum Gasteiger partial charge on any atom is 0.573 e. The Kier molecular flexibility index (Phi) is 8.60. The van der Waals surface area contributed by atoms with Crippen molar-refractivity contribution in [2.24, 2.45) is 0 Å². The van der Waals surface area contributed by atoms with E-state index in [-0.39, 0.29) is 27.8 Å². The summed E-state index contributed by atoms with van der Waals surface area (Å²) in [7, 11) is 0. The van der Waals surface area contributed by atoms with Crippen molar-refractivity contribution >= 4 is 50.3 Å². The first-order valence-electron chi connectivity index (χ1n) is 14.2. The zero-order chi connectivity index (χ0) is 31.4. The Balaban J connectivity index is 1.24. The van der Waals surface area contributed by atoms with Crippen LogP contribution in [0.15, 0.2) is 66.7 Å². The minimum absolute atomic E-state index is 0.0375. The van der Waals surface area contributed by atoms with Crippen LogP contribution in [0.5, 0.6) is 5.75 Å². The summed E-state index contributed by atoms with van der Waals surface area (Å²) in [5.74, 6) is -0.301. The molecule has 2 aromatic heterocycles. The number of amides is 3. The van der Waals surface area contributed by atoms with E-state index in [1.807, 2.05) is 24.3 Å². The van der Waals surface area contributed by atoms with Crippen molar-refractivity contribution in [3.05, 3.63) is 83.4 Å². The topological polar surface area (TPSA) is 138 Å². The van der Waals surface area contributed by atoms with Crippen molar-refractivity contribution in [1.82, 2.24) is 25.6 Å². The normalized spacial score (nSPS) is 13.8. The van der Waals surface area contributed by atoms with Gasteiger partial charge in [-0.3, -0.25) is 20.3 Å². The van der Waals surface area contributed by atoms with Gasteiger partial charge in [-0.15, -0.1) is 18.3 Å². The van der Waals surface area contributed by atoms with Crippen molar-refractivity contribution in [2.45, 2.75) is 50.9 Å². The Labute approximate surface area is 258 Å². The van der Waals surface area contributed by atoms with Gasteiger partial charge in [-0.05, 0) is 71.5 Å². The lowest BCUT2D eigenvalue weighted by atomic mass is 9.84. The highest BCUT2D eigenvalue weighted by Crippen LogP contribution is 2.37. The minimum Gasteiger partial charge on any atom is -0.404 e. The quantitative estimate of drug-likeness (QED) is 0.163. The standard InChI is InChI=1S/C30H27F3N8O3S/c31-30(32,33)44-24-8-4-7-23-25(24)45-28(34-23)36-29(43)41(22-15-13-20(14-16-22)19-5-2-1-3-6-19)17-18-9-11-21(12-10-18)26(42)35-27-37-39-40-38-27/h4,7-16,19H,1-3,5-6,17H2,(H,34,36,43)(H2,35,37,38,39,40,42). The van der Waals surface area contributed by atoms with Gasteiger partial charge in [-0.25, -0.2) is 9.78 Å². The highest BCUT2D eigenvalue weighted by atomic mass is 32.1. The van der Waals surface area contributed by atoms with Gasteiger partial charge in [0.1, 0.15) is 5.75 Å². The molecule has 11 nitrogen and oxygen atoms in total. The molecule has 5 aromatic rings. The predicted octanol–water partition coefficient (Wildman–Crippen LogP) is 7.25. The Morgan fingerprint density at radius 2 is 1.73 bits per heavy atom. The molecule has 232 valence electrons. The van der Waals surface area contributed by atoms with E-state index >= 15 is 0 Å². The summed E-state index contributed by atoms with van der Waals surface area (Å²) in [4.78, 5) is 32.1. The summed E-state index contributed by atoms with van der Waals surface area (Å²) in [5, 5.41) is 18.5. The summed E-state index contributed by atoms with van der Waals surface area (Å²) in [6.07, 6.45) is 1.03. The van der Waals surface area contributed by atoms with Gasteiger partial charge in [-0.1, -0.05) is 66.0 Å². The lowest BCUT2D eigenvalue weighted by Gasteiger charge is -2.25. The van der Waals surface area contributed by atoms with E-state index in [0.717, 1.165) is 29.7 Å². The summed E-state index contributed by atoms with van der Waals surface area (Å²) >= 11 is 0.883. The van der Waals surface area contributed by atoms with Crippen molar-refractivity contribution in [2.75, 3.05) is 15.5 Å². The van der Waals surface area contributed by atoms with Crippen molar-refractivity contribution in [1.29, 1.82) is 0 Å². The van der Waals surface area contributed by atoms with E-state index in [2.05, 4.69) is 41.0 Å². The molecule has 6 rings (SSSR count). The van der Waals surface area contributed by atoms with Crippen LogP contribution in [0.25, 0.3) is 10.2 Å². The van der Waals surface area contributed by atoms with Crippen molar-refractivity contribution in [3.8, 4) is 5.75 Å². The summed E-state index contributed by atoms with van der Waals surface area (Å²) in [5.41, 5.74) is 3.17. The lowest BCUT2D eigenvalue weighted by Crippen LogP contribution is -2.34. The number of benzene rings is 3. The van der Waals surface area contributed by atoms with Crippen LogP contribution in [0, 0.1) is 0 Å². The highest BCUT2D eigenvalue weighted by molar-refractivity contribution is 7.22. The number of hydrogen-bond acceptors (Lipinski definition) is 8. The molecule has 2 heterocycles. The Hall–Kier alpha value is -5.05. The zero-order valence-corrected chi connectivity index (χ0v) is 24.5. The SMILES string of the molecule is O=C(Nc1nn[nH]n1)c1ccc(CN(C(=O)Nc2nc3cccc(OC(F)(F)F)c3s2)c2ccc(C3CCCCC3)cc2)cc1. The maximum absolute atomic E-state index is 13.7. The number of aromatic amines is 1. The second kappa shape index (κ2) is 12.9. The number of tetrazole rings is 1. The van der Waals surface area contributed by atoms with Crippen LogP contribution in [0.3, 0.4) is 0 Å². The van der Waals surface area contributed by atoms with E-state index in [1.165, 1.54) is 41.9 Å². The number of carbonyl (C=O) groups excluding carboxylic acids is 2. The van der Waals surface area contributed by atoms with Gasteiger partial charge in [0.15, 0.2) is 5.13 Å². The molecule has 0 bridgehead atoms. The molecule has 0 aliphatic heterocycles. The Morgan fingerprint density at radius 1 is 0.978 bits per heavy atom. The van der Waals surface area contributed by atoms with E-state index in [1.54, 1.807) is 30.3 Å². The van der Waals surface area contributed by atoms with Crippen molar-refractivity contribution < 1.29 is 27.5 Å². The number of fused-ring (bicyclic) bond motifs is 1. The van der Waals surface area contributed by atoms with E-state index in [4.69, 9.17) is 0 Å². The monoisotopic (exact) mass is 636 g/mol. The number of halogens is 3. The Morgan fingerprint density at radius 3 is 2.42 bits per heavy atom. The van der Waals surface area contributed by atoms with Crippen LogP contribution < -0.4 is 20.3 Å². The molecule has 1 saturated carbocycles. The minimum atomic E-state index is -4.87. The molecular weight excluding hydrogens is 609 g/mol. The largest absolute Gasteiger partial charge is 0.573 e. The average Bonchev–Trinajstić information content (AvgIpc) is 3.70. The number of rotatable bonds is 8. The summed E-state index contributed by atoms with van der Waals surface area (Å²) < 4.78 is 43.1. The van der Waals surface area contributed by atoms with Gasteiger partial charge in [-0.2, -0.15) is 5.21 Å². The molecule has 3 N–H and O–H groups in total. The fourth-order valence-electron chi connectivity index (χ4n) is 5.32. The number of nitrogens with one attached hydrogen (secondary N) is 3. The maximum atomic E-state index is 13.7. The van der Waals surface area contributed by atoms with E-state index in [9.17, 15) is 22.8 Å². The number of H-pyrrole nitrogens is 1. The molecule has 3 aromatic carbocycles. The van der Waals surface area contributed by atoms with E-state index in [0.29, 0.717) is 17.2 Å². The molecule has 1 aliphatic carbocycles. The first kappa shape index (κ1) is 30.0. The predicted molar refractivity (Wildman–Crippen MR) is 162 cm³/mol. The number of hydrogen-bond donors (Lipinski definition) is 3. The van der Waals surface area contributed by atoms with Crippen LogP contribution in [0.4, 0.5) is 34.7 Å². The van der Waals surface area contributed by atoms with Crippen LogP contribution in [-0.2, 0) is 6.54 Å². The average molecular weight is 637 g/mol. The number of ether oxygens (including phenoxy) is 1. The fourth-order valence-corrected chi connectivity index (χ4v) is 6.22. The van der Waals surface area contributed by atoms with E-state index < -0.39 is 24.1 Å². The number of nitrogens with zero attached hydrogens (tertiary/aromatic N) is 5. The van der Waals surface area contributed by atoms with Gasteiger partial charge in [0.25, 0.3) is 11.9 Å². The molecule has 0 radical (unpaired) electrons. The van der Waals surface area contributed by atoms with Gasteiger partial charge in [0, 0.05) is 11.3 Å². The second-order valence-corrected chi connectivity index (χ2v) is 11.5. The van der Waals surface area contributed by atoms with Crippen molar-refractivity contribution in [3.63, 3.8) is 0 Å². The molecule has 0 saturated heterocycles. The number of thiazole rings is 1. The number of anilines is 3. The summed E-state index contributed by atoms with van der Waals surface area (Å²) in [6.45, 7) is 0.134. The second-order valence-electron chi connectivity index (χ2n) is 10.5. The molecule has 3 amide bonds. The molecule has 0 unspecified atom stereocenters. The molecular formula is C30H27F3N8O3S. The van der Waals surface area contributed by atoms with Gasteiger partial charge >= 0.3 is 12.4 Å². The third kappa shape index (κ3) is 7.37. The molecule has 1 aliphatic rings. The first-order chi connectivity index (χ1) is 21.7. The number of aromatic nitrogens is 5. The molecule has 15 heteroatoms. The third-order valence-corrected chi connectivity index (χ3v) is 8.47. The summed E-state index contributed by atoms with van der Waals surface area (Å²) in [6, 6.07) is 18.2. The van der Waals surface area contributed by atoms with Crippen LogP contribution in [0.2, 0.25) is 0 Å². The smallest absolute Gasteiger partial charge is 0.404 e. The van der Waals surface area contributed by atoms with Crippen LogP contribution in [0.1, 0.15) is 59.5 Å². The fraction of sp³-hybridized carbons (Fsp3) is 0.267. The zero-order valence-electron chi connectivity index (χ0n) is 23.7. The molecule has 45 heavy (non-hydrogen) atoms. The van der Waals surface area contributed by atoms with Gasteiger partial charge < -0.3 is 4.74 Å². The number of urea groups is 1.